The molecule has 0 spiro atoms. The fourth-order valence-corrected chi connectivity index (χ4v) is 4.03. The van der Waals surface area contributed by atoms with E-state index < -0.39 is 38.4 Å². The van der Waals surface area contributed by atoms with E-state index in [1.807, 2.05) is 0 Å². The molecule has 0 aliphatic carbocycles. The van der Waals surface area contributed by atoms with Gasteiger partial charge in [-0.05, 0) is 25.5 Å². The van der Waals surface area contributed by atoms with Crippen molar-refractivity contribution < 1.29 is 30.9 Å². The van der Waals surface area contributed by atoms with Gasteiger partial charge in [-0.3, -0.25) is 0 Å². The second-order valence-electron chi connectivity index (χ2n) is 6.31. The lowest BCUT2D eigenvalue weighted by molar-refractivity contribution is -0.141. The number of hydrogen-bond acceptors (Lipinski definition) is 7. The van der Waals surface area contributed by atoms with E-state index in [2.05, 4.69) is 14.8 Å². The van der Waals surface area contributed by atoms with Gasteiger partial charge in [0.1, 0.15) is 5.60 Å². The van der Waals surface area contributed by atoms with E-state index in [9.17, 15) is 21.6 Å². The van der Waals surface area contributed by atoms with Gasteiger partial charge in [0, 0.05) is 12.1 Å². The average molecular weight is 377 g/mol. The van der Waals surface area contributed by atoms with Crippen LogP contribution in [0.15, 0.2) is 21.8 Å². The second-order valence-corrected chi connectivity index (χ2v) is 8.30. The molecule has 0 radical (unpaired) electrons. The predicted molar refractivity (Wildman–Crippen MR) is 83.3 cm³/mol. The summed E-state index contributed by atoms with van der Waals surface area (Å²) in [5.74, 6) is -0.602. The molecule has 0 saturated carbocycles. The van der Waals surface area contributed by atoms with Gasteiger partial charge in [0.2, 0.25) is 0 Å². The summed E-state index contributed by atoms with van der Waals surface area (Å²) in [6, 6.07) is 2.50. The molecule has 7 nitrogen and oxygen atoms in total. The van der Waals surface area contributed by atoms with Crippen LogP contribution in [0, 0.1) is 0 Å². The van der Waals surface area contributed by atoms with Gasteiger partial charge in [-0.1, -0.05) is 16.4 Å². The van der Waals surface area contributed by atoms with Crippen molar-refractivity contribution in [3.05, 3.63) is 23.4 Å². The lowest BCUT2D eigenvalue weighted by Crippen LogP contribution is -2.23. The van der Waals surface area contributed by atoms with Crippen molar-refractivity contribution in [2.75, 3.05) is 5.73 Å². The molecule has 1 aromatic heterocycles. The number of oxime groups is 1. The standard InChI is InChI=1S/C14H14F3N3O4S/c1-13(2)5-9(19-24-13)25(21,22)6-7-3-4-8-10(11(7)18)12(20-23-8)14(15,16)17/h3-4H,5-6,18H2,1-2H3. The zero-order chi connectivity index (χ0) is 18.6. The molecule has 0 saturated heterocycles. The highest BCUT2D eigenvalue weighted by Crippen LogP contribution is 2.38. The maximum absolute atomic E-state index is 13.0. The van der Waals surface area contributed by atoms with Gasteiger partial charge in [-0.25, -0.2) is 8.42 Å². The summed E-state index contributed by atoms with van der Waals surface area (Å²) in [4.78, 5) is 5.03. The first-order valence-electron chi connectivity index (χ1n) is 7.12. The Labute approximate surface area is 140 Å². The molecule has 0 bridgehead atoms. The fraction of sp³-hybridized carbons (Fsp3) is 0.429. The highest BCUT2D eigenvalue weighted by Gasteiger charge is 2.39. The third-order valence-corrected chi connectivity index (χ3v) is 5.34. The molecule has 3 rings (SSSR count). The third kappa shape index (κ3) is 3.15. The normalized spacial score (nSPS) is 17.6. The van der Waals surface area contributed by atoms with Gasteiger partial charge >= 0.3 is 6.18 Å². The number of nitrogen functional groups attached to an aromatic ring is 1. The molecule has 2 heterocycles. The van der Waals surface area contributed by atoms with E-state index >= 15 is 0 Å². The van der Waals surface area contributed by atoms with E-state index in [0.29, 0.717) is 0 Å². The van der Waals surface area contributed by atoms with Gasteiger partial charge < -0.3 is 15.1 Å². The summed E-state index contributed by atoms with van der Waals surface area (Å²) >= 11 is 0. The average Bonchev–Trinajstić information content (AvgIpc) is 3.05. The van der Waals surface area contributed by atoms with Crippen LogP contribution in [0.4, 0.5) is 18.9 Å². The molecule has 1 aromatic carbocycles. The Hall–Kier alpha value is -2.30. The zero-order valence-corrected chi connectivity index (χ0v) is 14.0. The number of aromatic nitrogens is 1. The molecule has 136 valence electrons. The van der Waals surface area contributed by atoms with E-state index in [1.54, 1.807) is 13.8 Å². The lowest BCUT2D eigenvalue weighted by Gasteiger charge is -2.13. The first kappa shape index (κ1) is 17.5. The Morgan fingerprint density at radius 2 is 2.00 bits per heavy atom. The summed E-state index contributed by atoms with van der Waals surface area (Å²) in [5.41, 5.74) is 3.24. The first-order valence-corrected chi connectivity index (χ1v) is 8.78. The topological polar surface area (TPSA) is 108 Å². The summed E-state index contributed by atoms with van der Waals surface area (Å²) in [7, 11) is -3.89. The molecule has 1 aliphatic rings. The molecular weight excluding hydrogens is 363 g/mol. The largest absolute Gasteiger partial charge is 0.437 e. The lowest BCUT2D eigenvalue weighted by atomic mass is 10.1. The number of nitrogens with two attached hydrogens (primary N) is 1. The van der Waals surface area contributed by atoms with Crippen LogP contribution in [-0.4, -0.2) is 24.2 Å². The van der Waals surface area contributed by atoms with Crippen molar-refractivity contribution in [3.8, 4) is 0 Å². The molecule has 0 atom stereocenters. The monoisotopic (exact) mass is 377 g/mol. The fourth-order valence-electron chi connectivity index (χ4n) is 2.48. The minimum absolute atomic E-state index is 0.00797. The Balaban J connectivity index is 2.01. The molecule has 0 amide bonds. The minimum Gasteiger partial charge on any atom is -0.398 e. The van der Waals surface area contributed by atoms with E-state index in [-0.39, 0.29) is 28.3 Å². The molecule has 0 fully saturated rings. The van der Waals surface area contributed by atoms with Gasteiger partial charge in [-0.2, -0.15) is 13.2 Å². The van der Waals surface area contributed by atoms with Crippen LogP contribution in [0.1, 0.15) is 31.5 Å². The Bertz CT molecular complexity index is 977. The highest BCUT2D eigenvalue weighted by atomic mass is 32.2. The maximum atomic E-state index is 13.0. The van der Waals surface area contributed by atoms with Gasteiger partial charge in [0.25, 0.3) is 0 Å². The van der Waals surface area contributed by atoms with Crippen LogP contribution < -0.4 is 5.73 Å². The van der Waals surface area contributed by atoms with Crippen LogP contribution >= 0.6 is 0 Å². The second kappa shape index (κ2) is 5.35. The van der Waals surface area contributed by atoms with E-state index in [0.717, 1.165) is 0 Å². The number of anilines is 1. The Morgan fingerprint density at radius 1 is 1.32 bits per heavy atom. The van der Waals surface area contributed by atoms with E-state index in [4.69, 9.17) is 10.6 Å². The molecule has 1 aliphatic heterocycles. The van der Waals surface area contributed by atoms with Crippen molar-refractivity contribution in [2.24, 2.45) is 5.16 Å². The zero-order valence-electron chi connectivity index (χ0n) is 13.2. The summed E-state index contributed by atoms with van der Waals surface area (Å²) in [6.45, 7) is 3.35. The van der Waals surface area contributed by atoms with Crippen LogP contribution in [0.3, 0.4) is 0 Å². The molecule has 0 unspecified atom stereocenters. The van der Waals surface area contributed by atoms with Crippen LogP contribution in [0.5, 0.6) is 0 Å². The van der Waals surface area contributed by atoms with Gasteiger partial charge in [0.15, 0.2) is 26.2 Å². The summed E-state index contributed by atoms with van der Waals surface area (Å²) < 4.78 is 68.6. The summed E-state index contributed by atoms with van der Waals surface area (Å²) in [5, 5.41) is 5.94. The SMILES string of the molecule is CC1(C)CC(S(=O)(=O)Cc2ccc3onc(C(F)(F)F)c3c2N)=NO1. The highest BCUT2D eigenvalue weighted by molar-refractivity contribution is 8.05. The molecule has 25 heavy (non-hydrogen) atoms. The number of fused-ring (bicyclic) bond motifs is 1. The van der Waals surface area contributed by atoms with Crippen LogP contribution in [0.2, 0.25) is 0 Å². The third-order valence-electron chi connectivity index (χ3n) is 3.71. The number of rotatable bonds is 2. The number of sulfone groups is 1. The minimum atomic E-state index is -4.77. The number of alkyl halides is 3. The van der Waals surface area contributed by atoms with Crippen molar-refractivity contribution in [1.29, 1.82) is 0 Å². The first-order chi connectivity index (χ1) is 11.4. The quantitative estimate of drug-likeness (QED) is 0.807. The molecule has 2 N–H and O–H groups in total. The number of hydrogen-bond donors (Lipinski definition) is 1. The molecule has 2 aromatic rings. The van der Waals surface area contributed by atoms with Gasteiger partial charge in [0.05, 0.1) is 11.1 Å². The van der Waals surface area contributed by atoms with Gasteiger partial charge in [-0.15, -0.1) is 0 Å². The Kier molecular flexibility index (Phi) is 3.75. The Morgan fingerprint density at radius 3 is 2.56 bits per heavy atom. The van der Waals surface area contributed by atoms with Crippen molar-refractivity contribution in [2.45, 2.75) is 37.8 Å². The smallest absolute Gasteiger partial charge is 0.398 e. The summed E-state index contributed by atoms with van der Waals surface area (Å²) in [6.07, 6.45) is -4.71. The number of benzene rings is 1. The van der Waals surface area contributed by atoms with E-state index in [1.165, 1.54) is 12.1 Å². The van der Waals surface area contributed by atoms with Crippen molar-refractivity contribution in [1.82, 2.24) is 5.16 Å². The molecule has 11 heteroatoms. The van der Waals surface area contributed by atoms with Crippen molar-refractivity contribution in [3.63, 3.8) is 0 Å². The van der Waals surface area contributed by atoms with Crippen LogP contribution in [-0.2, 0) is 26.6 Å². The number of halogens is 3. The molecular formula is C14H14F3N3O4S. The van der Waals surface area contributed by atoms with Crippen molar-refractivity contribution >= 4 is 31.5 Å². The van der Waals surface area contributed by atoms with Crippen LogP contribution in [0.25, 0.3) is 11.0 Å². The predicted octanol–water partition coefficient (Wildman–Crippen LogP) is 2.86. The maximum Gasteiger partial charge on any atom is 0.437 e. The number of nitrogens with zero attached hydrogens (tertiary/aromatic N) is 2.